The van der Waals surface area contributed by atoms with E-state index in [1.807, 2.05) is 12.1 Å². The van der Waals surface area contributed by atoms with Gasteiger partial charge in [0.25, 0.3) is 0 Å². The van der Waals surface area contributed by atoms with Gasteiger partial charge in [-0.05, 0) is 29.8 Å². The summed E-state index contributed by atoms with van der Waals surface area (Å²) in [7, 11) is 1.74. The smallest absolute Gasteiger partial charge is 0.129 e. The lowest BCUT2D eigenvalue weighted by Crippen LogP contribution is -1.97. The van der Waals surface area contributed by atoms with Crippen LogP contribution in [0, 0.1) is 0 Å². The molecule has 0 atom stereocenters. The summed E-state index contributed by atoms with van der Waals surface area (Å²) in [6.45, 7) is 0.847. The number of fused-ring (bicyclic) bond motifs is 1. The van der Waals surface area contributed by atoms with Gasteiger partial charge in [-0.3, -0.25) is 0 Å². The van der Waals surface area contributed by atoms with E-state index < -0.39 is 0 Å². The molecule has 0 fully saturated rings. The Kier molecular flexibility index (Phi) is 4.49. The molecule has 0 saturated carbocycles. The van der Waals surface area contributed by atoms with Crippen LogP contribution in [-0.2, 0) is 6.54 Å². The largest absolute Gasteiger partial charge is 0.496 e. The van der Waals surface area contributed by atoms with Crippen molar-refractivity contribution in [3.8, 4) is 5.75 Å². The van der Waals surface area contributed by atoms with Crippen LogP contribution in [-0.4, -0.2) is 11.7 Å². The number of nitrogens with zero attached hydrogens (tertiary/aromatic N) is 1. The number of hydrogen-bond donors (Lipinski definition) is 0. The predicted octanol–water partition coefficient (Wildman–Crippen LogP) is 5.85. The third-order valence-corrected chi connectivity index (χ3v) is 5.26. The molecule has 1 aromatic heterocycles. The van der Waals surface area contributed by atoms with Crippen molar-refractivity contribution in [1.29, 1.82) is 0 Å². The van der Waals surface area contributed by atoms with E-state index >= 15 is 0 Å². The van der Waals surface area contributed by atoms with Crippen LogP contribution in [0.5, 0.6) is 5.75 Å². The zero-order valence-electron chi connectivity index (χ0n) is 14.1. The van der Waals surface area contributed by atoms with Gasteiger partial charge in [0.2, 0.25) is 0 Å². The van der Waals surface area contributed by atoms with Gasteiger partial charge in [-0.15, -0.1) is 0 Å². The van der Waals surface area contributed by atoms with Crippen LogP contribution in [0.3, 0.4) is 0 Å². The molecule has 1 heterocycles. The quantitative estimate of drug-likeness (QED) is 0.450. The van der Waals surface area contributed by atoms with Gasteiger partial charge in [0, 0.05) is 22.5 Å². The van der Waals surface area contributed by atoms with Gasteiger partial charge >= 0.3 is 0 Å². The van der Waals surface area contributed by atoms with Gasteiger partial charge in [0.05, 0.1) is 18.0 Å². The molecule has 0 saturated heterocycles. The molecule has 124 valence electrons. The molecule has 0 radical (unpaired) electrons. The fourth-order valence-corrected chi connectivity index (χ4v) is 4.09. The van der Waals surface area contributed by atoms with Crippen LogP contribution < -0.4 is 4.74 Å². The molecule has 0 spiro atoms. The molecule has 0 aliphatic rings. The molecular formula is C22H19NOS. The lowest BCUT2D eigenvalue weighted by atomic mass is 10.2. The first-order valence-electron chi connectivity index (χ1n) is 8.28. The second kappa shape index (κ2) is 7.08. The van der Waals surface area contributed by atoms with Crippen molar-refractivity contribution in [2.24, 2.45) is 0 Å². The molecule has 4 aromatic rings. The highest BCUT2D eigenvalue weighted by atomic mass is 32.2. The summed E-state index contributed by atoms with van der Waals surface area (Å²) in [6, 6.07) is 27.3. The van der Waals surface area contributed by atoms with Crippen LogP contribution in [0.25, 0.3) is 10.9 Å². The third kappa shape index (κ3) is 3.28. The molecular weight excluding hydrogens is 326 g/mol. The summed E-state index contributed by atoms with van der Waals surface area (Å²) in [4.78, 5) is 2.45. The molecule has 0 aliphatic heterocycles. The van der Waals surface area contributed by atoms with Gasteiger partial charge < -0.3 is 9.30 Å². The zero-order valence-corrected chi connectivity index (χ0v) is 14.9. The molecule has 3 aromatic carbocycles. The van der Waals surface area contributed by atoms with Crippen LogP contribution >= 0.6 is 11.8 Å². The molecule has 0 unspecified atom stereocenters. The molecule has 0 amide bonds. The van der Waals surface area contributed by atoms with Crippen LogP contribution in [0.1, 0.15) is 5.56 Å². The first-order chi connectivity index (χ1) is 12.3. The Labute approximate surface area is 152 Å². The molecule has 4 rings (SSSR count). The van der Waals surface area contributed by atoms with Gasteiger partial charge in [0.15, 0.2) is 0 Å². The summed E-state index contributed by atoms with van der Waals surface area (Å²) < 4.78 is 7.95. The Balaban J connectivity index is 1.81. The molecule has 2 nitrogen and oxygen atoms in total. The molecule has 25 heavy (non-hydrogen) atoms. The Hall–Kier alpha value is -2.65. The lowest BCUT2D eigenvalue weighted by molar-refractivity contribution is 0.419. The van der Waals surface area contributed by atoms with E-state index in [2.05, 4.69) is 77.5 Å². The maximum absolute atomic E-state index is 5.64. The van der Waals surface area contributed by atoms with Crippen molar-refractivity contribution in [3.05, 3.63) is 90.6 Å². The first-order valence-corrected chi connectivity index (χ1v) is 9.09. The van der Waals surface area contributed by atoms with Crippen molar-refractivity contribution < 1.29 is 4.74 Å². The number of hydrogen-bond acceptors (Lipinski definition) is 2. The monoisotopic (exact) mass is 345 g/mol. The Bertz CT molecular complexity index is 977. The van der Waals surface area contributed by atoms with Gasteiger partial charge in [-0.2, -0.15) is 0 Å². The van der Waals surface area contributed by atoms with E-state index in [9.17, 15) is 0 Å². The number of methoxy groups -OCH3 is 1. The van der Waals surface area contributed by atoms with Crippen molar-refractivity contribution >= 4 is 22.7 Å². The maximum atomic E-state index is 5.64. The Morgan fingerprint density at radius 2 is 1.56 bits per heavy atom. The van der Waals surface area contributed by atoms with Crippen LogP contribution in [0.4, 0.5) is 0 Å². The Morgan fingerprint density at radius 3 is 2.28 bits per heavy atom. The van der Waals surface area contributed by atoms with Crippen LogP contribution in [0.15, 0.2) is 94.9 Å². The first kappa shape index (κ1) is 15.9. The van der Waals surface area contributed by atoms with Gasteiger partial charge in [0.1, 0.15) is 5.75 Å². The van der Waals surface area contributed by atoms with E-state index in [0.29, 0.717) is 0 Å². The highest BCUT2D eigenvalue weighted by Gasteiger charge is 2.14. The number of aromatic nitrogens is 1. The fourth-order valence-electron chi connectivity index (χ4n) is 3.06. The topological polar surface area (TPSA) is 14.2 Å². The standard InChI is InChI=1S/C22H19NOS/c1-24-20-14-8-13-19-22(20)21(25-18-11-6-3-7-12-18)16-23(19)15-17-9-4-2-5-10-17/h2-14,16H,15H2,1H3. The van der Waals surface area contributed by atoms with E-state index in [1.54, 1.807) is 18.9 Å². The maximum Gasteiger partial charge on any atom is 0.129 e. The minimum absolute atomic E-state index is 0.847. The highest BCUT2D eigenvalue weighted by molar-refractivity contribution is 7.99. The summed E-state index contributed by atoms with van der Waals surface area (Å²) in [5.74, 6) is 0.919. The second-order valence-corrected chi connectivity index (χ2v) is 6.99. The van der Waals surface area contributed by atoms with E-state index in [0.717, 1.165) is 12.3 Å². The van der Waals surface area contributed by atoms with Crippen molar-refractivity contribution in [2.75, 3.05) is 7.11 Å². The van der Waals surface area contributed by atoms with E-state index in [1.165, 1.54) is 26.3 Å². The minimum Gasteiger partial charge on any atom is -0.496 e. The molecule has 0 aliphatic carbocycles. The van der Waals surface area contributed by atoms with E-state index in [-0.39, 0.29) is 0 Å². The minimum atomic E-state index is 0.847. The number of ether oxygens (including phenoxy) is 1. The summed E-state index contributed by atoms with van der Waals surface area (Å²) in [5.41, 5.74) is 2.49. The number of benzene rings is 3. The van der Waals surface area contributed by atoms with Gasteiger partial charge in [-0.25, -0.2) is 0 Å². The average Bonchev–Trinajstić information content (AvgIpc) is 3.01. The van der Waals surface area contributed by atoms with Crippen molar-refractivity contribution in [2.45, 2.75) is 16.3 Å². The average molecular weight is 345 g/mol. The molecule has 0 bridgehead atoms. The Morgan fingerprint density at radius 1 is 0.840 bits per heavy atom. The van der Waals surface area contributed by atoms with Crippen LogP contribution in [0.2, 0.25) is 0 Å². The summed E-state index contributed by atoms with van der Waals surface area (Å²) in [6.07, 6.45) is 2.23. The lowest BCUT2D eigenvalue weighted by Gasteiger charge is -2.07. The number of rotatable bonds is 5. The highest BCUT2D eigenvalue weighted by Crippen LogP contribution is 2.39. The van der Waals surface area contributed by atoms with Crippen molar-refractivity contribution in [3.63, 3.8) is 0 Å². The second-order valence-electron chi connectivity index (χ2n) is 5.88. The predicted molar refractivity (Wildman–Crippen MR) is 105 cm³/mol. The SMILES string of the molecule is COc1cccc2c1c(Sc1ccccc1)cn2Cc1ccccc1. The normalized spacial score (nSPS) is 10.9. The fraction of sp³-hybridized carbons (Fsp3) is 0.0909. The summed E-state index contributed by atoms with van der Waals surface area (Å²) >= 11 is 1.78. The summed E-state index contributed by atoms with van der Waals surface area (Å²) in [5, 5.41) is 1.18. The van der Waals surface area contributed by atoms with E-state index in [4.69, 9.17) is 4.74 Å². The van der Waals surface area contributed by atoms with Crippen molar-refractivity contribution in [1.82, 2.24) is 4.57 Å². The zero-order chi connectivity index (χ0) is 17.1. The van der Waals surface area contributed by atoms with Gasteiger partial charge in [-0.1, -0.05) is 66.4 Å². The molecule has 3 heteroatoms. The third-order valence-electron chi connectivity index (χ3n) is 4.22. The molecule has 0 N–H and O–H groups in total.